The molecule has 7 heteroatoms. The fourth-order valence-electron chi connectivity index (χ4n) is 1.61. The molecule has 0 aliphatic carbocycles. The van der Waals surface area contributed by atoms with E-state index < -0.39 is 11.6 Å². The van der Waals surface area contributed by atoms with Crippen LogP contribution < -0.4 is 4.74 Å². The van der Waals surface area contributed by atoms with Crippen LogP contribution in [0.2, 0.25) is 0 Å². The van der Waals surface area contributed by atoms with Crippen molar-refractivity contribution >= 4 is 27.5 Å². The summed E-state index contributed by atoms with van der Waals surface area (Å²) < 4.78 is 32.8. The normalized spacial score (nSPS) is 11.0. The summed E-state index contributed by atoms with van der Waals surface area (Å²) in [6, 6.07) is 2.34. The minimum atomic E-state index is -1.08. The molecule has 0 aliphatic rings. The summed E-state index contributed by atoms with van der Waals surface area (Å²) >= 11 is 8.91. The smallest absolute Gasteiger partial charge is 0.201 e. The van der Waals surface area contributed by atoms with Crippen molar-refractivity contribution in [3.05, 3.63) is 46.0 Å². The van der Waals surface area contributed by atoms with Gasteiger partial charge < -0.3 is 4.74 Å². The molecule has 0 fully saturated rings. The van der Waals surface area contributed by atoms with Crippen LogP contribution in [0.4, 0.5) is 8.78 Å². The highest BCUT2D eigenvalue weighted by Crippen LogP contribution is 2.31. The zero-order valence-electron chi connectivity index (χ0n) is 11.3. The average molecular weight is 378 g/mol. The standard InChI is InChI=1S/C14H12BrClF2N2O/c1-7(2)14-19-6-12(10(5-16)20-14)21-11-4-8(15)3-9(17)13(11)18/h3-4,6-7H,5H2,1-2H3. The minimum absolute atomic E-state index is 0.0790. The number of hydrogen-bond donors (Lipinski definition) is 0. The van der Waals surface area contributed by atoms with E-state index in [0.29, 0.717) is 16.0 Å². The van der Waals surface area contributed by atoms with E-state index in [0.717, 1.165) is 6.07 Å². The van der Waals surface area contributed by atoms with Gasteiger partial charge in [-0.3, -0.25) is 0 Å². The number of alkyl halides is 1. The van der Waals surface area contributed by atoms with Crippen molar-refractivity contribution in [1.82, 2.24) is 9.97 Å². The van der Waals surface area contributed by atoms with Crippen molar-refractivity contribution in [3.63, 3.8) is 0 Å². The Kier molecular flexibility index (Phi) is 5.11. The molecule has 0 bridgehead atoms. The molecular formula is C14H12BrClF2N2O. The zero-order valence-corrected chi connectivity index (χ0v) is 13.7. The van der Waals surface area contributed by atoms with Gasteiger partial charge in [-0.25, -0.2) is 14.4 Å². The van der Waals surface area contributed by atoms with Crippen LogP contribution in [0.1, 0.15) is 31.3 Å². The molecule has 0 spiro atoms. The van der Waals surface area contributed by atoms with Gasteiger partial charge in [-0.15, -0.1) is 11.6 Å². The lowest BCUT2D eigenvalue weighted by atomic mass is 10.2. The molecule has 0 saturated carbocycles. The van der Waals surface area contributed by atoms with E-state index in [2.05, 4.69) is 25.9 Å². The van der Waals surface area contributed by atoms with Crippen molar-refractivity contribution < 1.29 is 13.5 Å². The van der Waals surface area contributed by atoms with Crippen molar-refractivity contribution in [3.8, 4) is 11.5 Å². The predicted octanol–water partition coefficient (Wildman–Crippen LogP) is 5.17. The molecule has 0 atom stereocenters. The molecule has 0 amide bonds. The first-order valence-electron chi connectivity index (χ1n) is 6.16. The monoisotopic (exact) mass is 376 g/mol. The summed E-state index contributed by atoms with van der Waals surface area (Å²) in [5, 5.41) is 0. The van der Waals surface area contributed by atoms with Gasteiger partial charge in [0.05, 0.1) is 12.1 Å². The highest BCUT2D eigenvalue weighted by molar-refractivity contribution is 9.10. The van der Waals surface area contributed by atoms with Crippen molar-refractivity contribution in [2.24, 2.45) is 0 Å². The van der Waals surface area contributed by atoms with Gasteiger partial charge in [0.15, 0.2) is 17.3 Å². The lowest BCUT2D eigenvalue weighted by Gasteiger charge is -2.12. The number of rotatable bonds is 4. The number of halogens is 4. The van der Waals surface area contributed by atoms with Crippen molar-refractivity contribution in [2.45, 2.75) is 25.6 Å². The van der Waals surface area contributed by atoms with E-state index in [4.69, 9.17) is 16.3 Å². The molecule has 0 saturated heterocycles. The van der Waals surface area contributed by atoms with Crippen LogP contribution >= 0.6 is 27.5 Å². The SMILES string of the molecule is CC(C)c1ncc(Oc2cc(Br)cc(F)c2F)c(CCl)n1. The molecule has 3 nitrogen and oxygen atoms in total. The topological polar surface area (TPSA) is 35.0 Å². The molecule has 1 aromatic carbocycles. The van der Waals surface area contributed by atoms with Crippen LogP contribution in [0.25, 0.3) is 0 Å². The number of benzene rings is 1. The van der Waals surface area contributed by atoms with E-state index in [9.17, 15) is 8.78 Å². The summed E-state index contributed by atoms with van der Waals surface area (Å²) in [6.45, 7) is 3.88. The van der Waals surface area contributed by atoms with Crippen LogP contribution in [0.5, 0.6) is 11.5 Å². The Bertz CT molecular complexity index is 668. The fourth-order valence-corrected chi connectivity index (χ4v) is 2.21. The second-order valence-corrected chi connectivity index (χ2v) is 5.81. The van der Waals surface area contributed by atoms with Gasteiger partial charge in [-0.1, -0.05) is 29.8 Å². The number of ether oxygens (including phenoxy) is 1. The number of aromatic nitrogens is 2. The first-order valence-corrected chi connectivity index (χ1v) is 7.49. The van der Waals surface area contributed by atoms with Crippen LogP contribution in [0, 0.1) is 11.6 Å². The van der Waals surface area contributed by atoms with Gasteiger partial charge in [0.25, 0.3) is 0 Å². The summed E-state index contributed by atoms with van der Waals surface area (Å²) in [6.07, 6.45) is 1.41. The van der Waals surface area contributed by atoms with Gasteiger partial charge in [-0.05, 0) is 12.1 Å². The molecule has 21 heavy (non-hydrogen) atoms. The van der Waals surface area contributed by atoms with Crippen LogP contribution in [-0.4, -0.2) is 9.97 Å². The maximum Gasteiger partial charge on any atom is 0.201 e. The highest BCUT2D eigenvalue weighted by Gasteiger charge is 2.16. The molecule has 2 rings (SSSR count). The van der Waals surface area contributed by atoms with Gasteiger partial charge in [0.2, 0.25) is 5.82 Å². The minimum Gasteiger partial charge on any atom is -0.451 e. The molecule has 2 aromatic rings. The van der Waals surface area contributed by atoms with E-state index >= 15 is 0 Å². The third-order valence-electron chi connectivity index (χ3n) is 2.67. The lowest BCUT2D eigenvalue weighted by molar-refractivity contribution is 0.409. The molecule has 1 heterocycles. The Balaban J connectivity index is 2.40. The highest BCUT2D eigenvalue weighted by atomic mass is 79.9. The van der Waals surface area contributed by atoms with E-state index in [1.54, 1.807) is 0 Å². The zero-order chi connectivity index (χ0) is 15.6. The molecule has 0 N–H and O–H groups in total. The fraction of sp³-hybridized carbons (Fsp3) is 0.286. The second-order valence-electron chi connectivity index (χ2n) is 4.63. The van der Waals surface area contributed by atoms with Gasteiger partial charge >= 0.3 is 0 Å². The quantitative estimate of drug-likeness (QED) is 0.544. The second kappa shape index (κ2) is 6.66. The third kappa shape index (κ3) is 3.68. The van der Waals surface area contributed by atoms with E-state index in [1.165, 1.54) is 12.3 Å². The number of hydrogen-bond acceptors (Lipinski definition) is 3. The van der Waals surface area contributed by atoms with Gasteiger partial charge in [0.1, 0.15) is 11.5 Å². The number of nitrogens with zero attached hydrogens (tertiary/aromatic N) is 2. The van der Waals surface area contributed by atoms with Gasteiger partial charge in [-0.2, -0.15) is 4.39 Å². The van der Waals surface area contributed by atoms with Crippen LogP contribution in [0.3, 0.4) is 0 Å². The van der Waals surface area contributed by atoms with Gasteiger partial charge in [0, 0.05) is 10.4 Å². The van der Waals surface area contributed by atoms with Crippen molar-refractivity contribution in [1.29, 1.82) is 0 Å². The Hall–Kier alpha value is -1.27. The Morgan fingerprint density at radius 3 is 2.62 bits per heavy atom. The lowest BCUT2D eigenvalue weighted by Crippen LogP contribution is -2.03. The Morgan fingerprint density at radius 2 is 2.00 bits per heavy atom. The predicted molar refractivity (Wildman–Crippen MR) is 79.8 cm³/mol. The molecule has 0 unspecified atom stereocenters. The summed E-state index contributed by atoms with van der Waals surface area (Å²) in [4.78, 5) is 8.40. The molecule has 112 valence electrons. The van der Waals surface area contributed by atoms with E-state index in [-0.39, 0.29) is 23.3 Å². The van der Waals surface area contributed by atoms with Crippen molar-refractivity contribution in [2.75, 3.05) is 0 Å². The van der Waals surface area contributed by atoms with Crippen LogP contribution in [-0.2, 0) is 5.88 Å². The summed E-state index contributed by atoms with van der Waals surface area (Å²) in [5.74, 6) is -1.33. The maximum atomic E-state index is 13.7. The molecule has 0 aliphatic heterocycles. The molecular weight excluding hydrogens is 366 g/mol. The Morgan fingerprint density at radius 1 is 1.29 bits per heavy atom. The summed E-state index contributed by atoms with van der Waals surface area (Å²) in [5.41, 5.74) is 0.426. The first-order chi connectivity index (χ1) is 9.92. The van der Waals surface area contributed by atoms with Crippen LogP contribution in [0.15, 0.2) is 22.8 Å². The largest absolute Gasteiger partial charge is 0.451 e. The third-order valence-corrected chi connectivity index (χ3v) is 3.38. The average Bonchev–Trinajstić information content (AvgIpc) is 2.44. The maximum absolute atomic E-state index is 13.7. The Labute approximate surface area is 134 Å². The molecule has 0 radical (unpaired) electrons. The first kappa shape index (κ1) is 16.1. The molecule has 1 aromatic heterocycles. The summed E-state index contributed by atoms with van der Waals surface area (Å²) in [7, 11) is 0. The van der Waals surface area contributed by atoms with E-state index in [1.807, 2.05) is 13.8 Å².